The number of piperidine rings is 1. The second kappa shape index (κ2) is 10.1. The van der Waals surface area contributed by atoms with Crippen molar-refractivity contribution in [3.8, 4) is 0 Å². The summed E-state index contributed by atoms with van der Waals surface area (Å²) in [6.45, 7) is 0.650. The van der Waals surface area contributed by atoms with E-state index >= 15 is 0 Å². The maximum Gasteiger partial charge on any atom is 0.244 e. The van der Waals surface area contributed by atoms with Crippen molar-refractivity contribution in [1.29, 1.82) is 0 Å². The van der Waals surface area contributed by atoms with Crippen LogP contribution in [0.5, 0.6) is 0 Å². The van der Waals surface area contributed by atoms with Crippen LogP contribution in [0.2, 0.25) is 15.1 Å². The van der Waals surface area contributed by atoms with Crippen molar-refractivity contribution in [1.82, 2.24) is 9.29 Å². The summed E-state index contributed by atoms with van der Waals surface area (Å²) in [6, 6.07) is 17.6. The van der Waals surface area contributed by atoms with Crippen LogP contribution >= 0.6 is 34.8 Å². The molecule has 0 radical (unpaired) electrons. The van der Waals surface area contributed by atoms with Crippen LogP contribution in [-0.4, -0.2) is 36.9 Å². The third-order valence-electron chi connectivity index (χ3n) is 5.37. The van der Waals surface area contributed by atoms with Crippen molar-refractivity contribution < 1.29 is 13.2 Å². The molecule has 1 saturated heterocycles. The Balaban J connectivity index is 1.49. The second-order valence-corrected chi connectivity index (χ2v) is 10.7. The van der Waals surface area contributed by atoms with E-state index in [0.29, 0.717) is 36.0 Å². The van der Waals surface area contributed by atoms with E-state index in [1.807, 2.05) is 42.5 Å². The van der Waals surface area contributed by atoms with E-state index in [9.17, 15) is 8.42 Å². The fraction of sp³-hybridized carbons (Fsp3) is 0.261. The van der Waals surface area contributed by atoms with E-state index in [0.717, 1.165) is 11.3 Å². The van der Waals surface area contributed by atoms with E-state index < -0.39 is 10.0 Å². The zero-order chi connectivity index (χ0) is 22.7. The van der Waals surface area contributed by atoms with Crippen molar-refractivity contribution in [2.45, 2.75) is 29.9 Å². The standard InChI is InChI=1S/C23H21Cl3N2O3S/c24-17-6-4-16(5-7-17)23(21-3-1-2-12-27-21)31-19-10-13-28(14-11-19)32(29,30)22-15-18(25)8-9-20(22)26/h1-9,12,15,19,23H,10-11,13-14H2/t23-/m0/s1. The van der Waals surface area contributed by atoms with Crippen LogP contribution in [0.25, 0.3) is 0 Å². The Kier molecular flexibility index (Phi) is 7.40. The van der Waals surface area contributed by atoms with Gasteiger partial charge in [-0.3, -0.25) is 4.98 Å². The average molecular weight is 512 g/mol. The van der Waals surface area contributed by atoms with E-state index in [1.165, 1.54) is 16.4 Å². The average Bonchev–Trinajstić information content (AvgIpc) is 2.80. The smallest absolute Gasteiger partial charge is 0.244 e. The Bertz CT molecular complexity index is 1170. The van der Waals surface area contributed by atoms with E-state index in [4.69, 9.17) is 39.5 Å². The first-order valence-electron chi connectivity index (χ1n) is 10.1. The first kappa shape index (κ1) is 23.5. The molecule has 1 fully saturated rings. The lowest BCUT2D eigenvalue weighted by molar-refractivity contribution is -0.0187. The highest BCUT2D eigenvalue weighted by atomic mass is 35.5. The van der Waals surface area contributed by atoms with Gasteiger partial charge in [0, 0.05) is 29.3 Å². The fourth-order valence-electron chi connectivity index (χ4n) is 3.70. The maximum absolute atomic E-state index is 13.1. The van der Waals surface area contributed by atoms with Crippen molar-refractivity contribution in [3.05, 3.63) is 93.2 Å². The van der Waals surface area contributed by atoms with Gasteiger partial charge in [0.15, 0.2) is 0 Å². The number of ether oxygens (including phenoxy) is 1. The Morgan fingerprint density at radius 2 is 1.62 bits per heavy atom. The van der Waals surface area contributed by atoms with Gasteiger partial charge in [-0.1, -0.05) is 53.0 Å². The summed E-state index contributed by atoms with van der Waals surface area (Å²) in [5, 5.41) is 1.13. The third kappa shape index (κ3) is 5.28. The molecule has 1 aromatic heterocycles. The Morgan fingerprint density at radius 3 is 2.28 bits per heavy atom. The molecule has 168 valence electrons. The summed E-state index contributed by atoms with van der Waals surface area (Å²) in [6.07, 6.45) is 2.33. The van der Waals surface area contributed by atoms with Crippen LogP contribution in [-0.2, 0) is 14.8 Å². The number of pyridine rings is 1. The molecule has 3 aromatic rings. The molecular formula is C23H21Cl3N2O3S. The minimum absolute atomic E-state index is 0.0264. The zero-order valence-electron chi connectivity index (χ0n) is 17.0. The molecule has 9 heteroatoms. The molecule has 0 aliphatic carbocycles. The quantitative estimate of drug-likeness (QED) is 0.407. The second-order valence-electron chi connectivity index (χ2n) is 7.50. The molecule has 2 heterocycles. The zero-order valence-corrected chi connectivity index (χ0v) is 20.1. The molecule has 2 aromatic carbocycles. The van der Waals surface area contributed by atoms with E-state index in [1.54, 1.807) is 12.3 Å². The summed E-state index contributed by atoms with van der Waals surface area (Å²) >= 11 is 18.2. The molecule has 0 unspecified atom stereocenters. The van der Waals surface area contributed by atoms with Gasteiger partial charge in [-0.2, -0.15) is 4.31 Å². The van der Waals surface area contributed by atoms with Gasteiger partial charge in [-0.25, -0.2) is 8.42 Å². The minimum Gasteiger partial charge on any atom is -0.364 e. The van der Waals surface area contributed by atoms with E-state index in [-0.39, 0.29) is 22.1 Å². The molecule has 5 nitrogen and oxygen atoms in total. The number of hydrogen-bond donors (Lipinski definition) is 0. The summed E-state index contributed by atoms with van der Waals surface area (Å²) in [5.74, 6) is 0. The molecular weight excluding hydrogens is 491 g/mol. The Morgan fingerprint density at radius 1 is 0.938 bits per heavy atom. The summed E-state index contributed by atoms with van der Waals surface area (Å²) in [7, 11) is -3.74. The number of aromatic nitrogens is 1. The monoisotopic (exact) mass is 510 g/mol. The van der Waals surface area contributed by atoms with Crippen LogP contribution < -0.4 is 0 Å². The molecule has 0 amide bonds. The number of benzene rings is 2. The first-order valence-corrected chi connectivity index (χ1v) is 12.7. The van der Waals surface area contributed by atoms with Crippen molar-refractivity contribution >= 4 is 44.8 Å². The molecule has 0 N–H and O–H groups in total. The minimum atomic E-state index is -3.74. The van der Waals surface area contributed by atoms with Crippen LogP contribution in [0.3, 0.4) is 0 Å². The van der Waals surface area contributed by atoms with Gasteiger partial charge in [0.05, 0.1) is 16.8 Å². The van der Waals surface area contributed by atoms with Gasteiger partial charge < -0.3 is 4.74 Å². The molecule has 4 rings (SSSR count). The van der Waals surface area contributed by atoms with Crippen LogP contribution in [0.1, 0.15) is 30.2 Å². The molecule has 1 aliphatic heterocycles. The van der Waals surface area contributed by atoms with Gasteiger partial charge in [-0.05, 0) is 60.9 Å². The van der Waals surface area contributed by atoms with Crippen molar-refractivity contribution in [3.63, 3.8) is 0 Å². The van der Waals surface area contributed by atoms with Crippen LogP contribution in [0, 0.1) is 0 Å². The topological polar surface area (TPSA) is 59.5 Å². The largest absolute Gasteiger partial charge is 0.364 e. The number of rotatable bonds is 6. The molecule has 0 bridgehead atoms. The molecule has 1 atom stereocenters. The van der Waals surface area contributed by atoms with Crippen LogP contribution in [0.4, 0.5) is 0 Å². The van der Waals surface area contributed by atoms with Gasteiger partial charge in [0.25, 0.3) is 0 Å². The molecule has 0 spiro atoms. The molecule has 32 heavy (non-hydrogen) atoms. The number of halogens is 3. The van der Waals surface area contributed by atoms with Crippen molar-refractivity contribution in [2.24, 2.45) is 0 Å². The first-order chi connectivity index (χ1) is 15.3. The lowest BCUT2D eigenvalue weighted by atomic mass is 10.0. The molecule has 0 saturated carbocycles. The van der Waals surface area contributed by atoms with E-state index in [2.05, 4.69) is 4.98 Å². The summed E-state index contributed by atoms with van der Waals surface area (Å²) < 4.78 is 34.0. The fourth-order valence-corrected chi connectivity index (χ4v) is 6.04. The Hall–Kier alpha value is -1.67. The normalized spacial score (nSPS) is 16.7. The third-order valence-corrected chi connectivity index (χ3v) is 8.24. The Labute approximate surface area is 202 Å². The highest BCUT2D eigenvalue weighted by molar-refractivity contribution is 7.89. The number of hydrogen-bond acceptors (Lipinski definition) is 4. The van der Waals surface area contributed by atoms with Gasteiger partial charge >= 0.3 is 0 Å². The predicted molar refractivity (Wildman–Crippen MR) is 127 cm³/mol. The number of sulfonamides is 1. The lowest BCUT2D eigenvalue weighted by Crippen LogP contribution is -2.41. The summed E-state index contributed by atoms with van der Waals surface area (Å²) in [5.41, 5.74) is 1.73. The molecule has 1 aliphatic rings. The predicted octanol–water partition coefficient (Wildman–Crippen LogP) is 6.00. The highest BCUT2D eigenvalue weighted by Gasteiger charge is 2.33. The van der Waals surface area contributed by atoms with Crippen molar-refractivity contribution in [2.75, 3.05) is 13.1 Å². The SMILES string of the molecule is O=S(=O)(c1cc(Cl)ccc1Cl)N1CCC(O[C@@H](c2ccc(Cl)cc2)c2ccccn2)CC1. The maximum atomic E-state index is 13.1. The van der Waals surface area contributed by atoms with Gasteiger partial charge in [0.2, 0.25) is 10.0 Å². The van der Waals surface area contributed by atoms with Gasteiger partial charge in [0.1, 0.15) is 11.0 Å². The van der Waals surface area contributed by atoms with Gasteiger partial charge in [-0.15, -0.1) is 0 Å². The number of nitrogens with zero attached hydrogens (tertiary/aromatic N) is 2. The highest BCUT2D eigenvalue weighted by Crippen LogP contribution is 2.33. The lowest BCUT2D eigenvalue weighted by Gasteiger charge is -2.33. The van der Waals surface area contributed by atoms with Crippen LogP contribution in [0.15, 0.2) is 71.8 Å². The summed E-state index contributed by atoms with van der Waals surface area (Å²) in [4.78, 5) is 4.49.